The van der Waals surface area contributed by atoms with E-state index < -0.39 is 31.6 Å². The molecule has 4 atom stereocenters. The molecule has 1 fully saturated rings. The number of rotatable bonds is 12. The summed E-state index contributed by atoms with van der Waals surface area (Å²) in [5.74, 6) is -0.803. The molecule has 3 aliphatic rings. The lowest BCUT2D eigenvalue weighted by atomic mass is 9.82. The SMILES string of the molecule is CC(C)=CCC/C(C)=C/CN1C(=O)[C@@]2(O[C@@H](CCn3cc(CCO)nn3)[C@H]([Si](C)(C)F)[C@H]2C)c2cc(N3C(=O)c4cccc5cccc3c45)ccc21. The van der Waals surface area contributed by atoms with Gasteiger partial charge in [0, 0.05) is 60.4 Å². The Bertz CT molecular complexity index is 2090. The molecule has 1 saturated heterocycles. The van der Waals surface area contributed by atoms with Gasteiger partial charge < -0.3 is 18.9 Å². The average Bonchev–Trinajstić information content (AvgIpc) is 3.82. The van der Waals surface area contributed by atoms with Crippen LogP contribution in [0, 0.1) is 5.92 Å². The zero-order valence-electron chi connectivity index (χ0n) is 30.9. The molecule has 0 radical (unpaired) electrons. The number of hydrogen-bond acceptors (Lipinski definition) is 6. The summed E-state index contributed by atoms with van der Waals surface area (Å²) in [5.41, 5.74) is 4.68. The monoisotopic (exact) mass is 721 g/mol. The molecule has 7 rings (SSSR count). The molecule has 3 aliphatic heterocycles. The van der Waals surface area contributed by atoms with E-state index in [-0.39, 0.29) is 18.4 Å². The van der Waals surface area contributed by atoms with Gasteiger partial charge in [0.2, 0.25) is 8.41 Å². The first-order valence-corrected chi connectivity index (χ1v) is 21.3. The third-order valence-corrected chi connectivity index (χ3v) is 13.5. The summed E-state index contributed by atoms with van der Waals surface area (Å²) in [5, 5.41) is 19.6. The second kappa shape index (κ2) is 13.8. The summed E-state index contributed by atoms with van der Waals surface area (Å²) < 4.78 is 25.3. The van der Waals surface area contributed by atoms with Crippen LogP contribution in [0.15, 0.2) is 84.1 Å². The van der Waals surface area contributed by atoms with Crippen LogP contribution in [0.1, 0.15) is 68.6 Å². The van der Waals surface area contributed by atoms with Crippen molar-refractivity contribution in [1.82, 2.24) is 15.0 Å². The second-order valence-electron chi connectivity index (χ2n) is 15.3. The quantitative estimate of drug-likeness (QED) is 0.0901. The summed E-state index contributed by atoms with van der Waals surface area (Å²) in [6.45, 7) is 12.4. The highest BCUT2D eigenvalue weighted by Gasteiger charge is 2.66. The highest BCUT2D eigenvalue weighted by atomic mass is 28.4. The van der Waals surface area contributed by atoms with Crippen LogP contribution in [0.2, 0.25) is 18.6 Å². The number of benzene rings is 3. The Morgan fingerprint density at radius 2 is 1.83 bits per heavy atom. The Labute approximate surface area is 305 Å². The number of hydrogen-bond donors (Lipinski definition) is 1. The number of ether oxygens (including phenoxy) is 1. The van der Waals surface area contributed by atoms with Crippen LogP contribution in [0.3, 0.4) is 0 Å². The van der Waals surface area contributed by atoms with E-state index >= 15 is 8.90 Å². The fourth-order valence-electron chi connectivity index (χ4n) is 8.67. The van der Waals surface area contributed by atoms with Gasteiger partial charge in [-0.25, -0.2) is 0 Å². The summed E-state index contributed by atoms with van der Waals surface area (Å²) in [7, 11) is -3.40. The summed E-state index contributed by atoms with van der Waals surface area (Å²) in [6.07, 6.45) is 8.20. The zero-order valence-corrected chi connectivity index (χ0v) is 31.9. The van der Waals surface area contributed by atoms with Gasteiger partial charge in [-0.15, -0.1) is 5.10 Å². The Kier molecular flexibility index (Phi) is 9.56. The number of carbonyl (C=O) groups is 2. The van der Waals surface area contributed by atoms with Crippen molar-refractivity contribution in [2.45, 2.75) is 90.3 Å². The normalized spacial score (nSPS) is 22.7. The Hall–Kier alpha value is -4.45. The van der Waals surface area contributed by atoms with E-state index in [1.165, 1.54) is 11.1 Å². The van der Waals surface area contributed by atoms with Crippen LogP contribution in [-0.2, 0) is 28.1 Å². The first-order valence-electron chi connectivity index (χ1n) is 18.3. The van der Waals surface area contributed by atoms with Gasteiger partial charge in [-0.05, 0) is 88.8 Å². The maximum atomic E-state index is 16.6. The number of anilines is 3. The van der Waals surface area contributed by atoms with Crippen molar-refractivity contribution in [1.29, 1.82) is 0 Å². The van der Waals surface area contributed by atoms with E-state index in [4.69, 9.17) is 4.74 Å². The van der Waals surface area contributed by atoms with Crippen LogP contribution in [0.4, 0.5) is 21.2 Å². The van der Waals surface area contributed by atoms with Gasteiger partial charge in [0.05, 0.1) is 28.7 Å². The third-order valence-electron chi connectivity index (χ3n) is 11.1. The van der Waals surface area contributed by atoms with Crippen LogP contribution in [0.25, 0.3) is 10.8 Å². The van der Waals surface area contributed by atoms with Crippen LogP contribution < -0.4 is 9.80 Å². The lowest BCUT2D eigenvalue weighted by molar-refractivity contribution is -0.145. The minimum Gasteiger partial charge on any atom is -0.396 e. The van der Waals surface area contributed by atoms with Crippen molar-refractivity contribution in [2.24, 2.45) is 5.92 Å². The van der Waals surface area contributed by atoms with Gasteiger partial charge in [-0.1, -0.05) is 59.7 Å². The number of amides is 2. The summed E-state index contributed by atoms with van der Waals surface area (Å²) in [4.78, 5) is 32.6. The molecule has 0 aliphatic carbocycles. The van der Waals surface area contributed by atoms with Gasteiger partial charge in [0.15, 0.2) is 5.60 Å². The Morgan fingerprint density at radius 1 is 1.06 bits per heavy atom. The maximum Gasteiger partial charge on any atom is 0.264 e. The zero-order chi connectivity index (χ0) is 36.9. The number of aliphatic hydroxyl groups is 1. The van der Waals surface area contributed by atoms with Crippen LogP contribution >= 0.6 is 0 Å². The van der Waals surface area contributed by atoms with Gasteiger partial charge >= 0.3 is 0 Å². The molecule has 4 heterocycles. The molecule has 1 spiro atoms. The van der Waals surface area contributed by atoms with E-state index in [1.54, 1.807) is 33.8 Å². The van der Waals surface area contributed by atoms with Crippen molar-refractivity contribution in [3.63, 3.8) is 0 Å². The molecule has 0 saturated carbocycles. The van der Waals surface area contributed by atoms with E-state index in [9.17, 15) is 9.90 Å². The number of fused-ring (bicyclic) bond motifs is 2. The molecule has 0 bridgehead atoms. The molecule has 9 nitrogen and oxygen atoms in total. The predicted molar refractivity (Wildman–Crippen MR) is 205 cm³/mol. The fourth-order valence-corrected chi connectivity index (χ4v) is 11.2. The molecule has 3 aromatic carbocycles. The number of halogens is 1. The van der Waals surface area contributed by atoms with Gasteiger partial charge in [0.1, 0.15) is 0 Å². The molecule has 4 aromatic rings. The first-order chi connectivity index (χ1) is 24.8. The average molecular weight is 722 g/mol. The molecule has 272 valence electrons. The van der Waals surface area contributed by atoms with E-state index in [0.717, 1.165) is 35.0 Å². The Morgan fingerprint density at radius 3 is 2.56 bits per heavy atom. The number of aryl methyl sites for hydroxylation is 1. The first kappa shape index (κ1) is 35.9. The number of nitrogens with zero attached hydrogens (tertiary/aromatic N) is 5. The molecule has 1 aromatic heterocycles. The number of allylic oxidation sites excluding steroid dienone is 3. The molecule has 52 heavy (non-hydrogen) atoms. The number of carbonyl (C=O) groups excluding carboxylic acids is 2. The summed E-state index contributed by atoms with van der Waals surface area (Å²) >= 11 is 0. The van der Waals surface area contributed by atoms with Gasteiger partial charge in [-0.3, -0.25) is 19.2 Å². The van der Waals surface area contributed by atoms with Gasteiger partial charge in [-0.2, -0.15) is 0 Å². The molecule has 2 amide bonds. The highest BCUT2D eigenvalue weighted by Crippen LogP contribution is 2.61. The summed E-state index contributed by atoms with van der Waals surface area (Å²) in [6, 6.07) is 17.4. The second-order valence-corrected chi connectivity index (χ2v) is 19.1. The van der Waals surface area contributed by atoms with Crippen molar-refractivity contribution in [2.75, 3.05) is 23.0 Å². The minimum absolute atomic E-state index is 0.0252. The van der Waals surface area contributed by atoms with E-state index in [0.29, 0.717) is 48.4 Å². The largest absolute Gasteiger partial charge is 0.396 e. The lowest BCUT2D eigenvalue weighted by Crippen LogP contribution is -2.45. The van der Waals surface area contributed by atoms with Crippen molar-refractivity contribution in [3.05, 3.63) is 101 Å². The Balaban J connectivity index is 1.30. The molecular formula is C41H48FN5O4Si. The molecule has 1 N–H and O–H groups in total. The predicted octanol–water partition coefficient (Wildman–Crippen LogP) is 8.16. The number of aromatic nitrogens is 3. The van der Waals surface area contributed by atoms with Crippen molar-refractivity contribution >= 4 is 48.1 Å². The third kappa shape index (κ3) is 6.12. The molecule has 11 heteroatoms. The number of aliphatic hydroxyl groups excluding tert-OH is 1. The van der Waals surface area contributed by atoms with Crippen LogP contribution in [0.5, 0.6) is 0 Å². The van der Waals surface area contributed by atoms with Crippen LogP contribution in [-0.4, -0.2) is 59.6 Å². The molecular weight excluding hydrogens is 674 g/mol. The minimum atomic E-state index is -3.40. The topological polar surface area (TPSA) is 101 Å². The van der Waals surface area contributed by atoms with Gasteiger partial charge in [0.25, 0.3) is 11.8 Å². The standard InChI is InChI=1S/C41H48FN5O4Si/c1-26(2)10-7-11-27(3)18-22-46-34-17-16-31(47-35-15-9-13-29-12-8-14-32(37(29)35)39(47)49)24-33(34)41(40(46)50)28(4)38(52(5,6)42)36(51-41)19-21-45-25-30(20-23-48)43-44-45/h8-10,12-18,24-25,28,36,38,48H,7,11,19-23H2,1-6H3/b27-18+/t28-,36+,38-,41+/m1/s1. The smallest absolute Gasteiger partial charge is 0.264 e. The lowest BCUT2D eigenvalue weighted by Gasteiger charge is -2.31. The van der Waals surface area contributed by atoms with Crippen molar-refractivity contribution < 1.29 is 23.5 Å². The maximum absolute atomic E-state index is 16.6. The highest BCUT2D eigenvalue weighted by molar-refractivity contribution is 6.72. The molecule has 0 unspecified atom stereocenters. The van der Waals surface area contributed by atoms with E-state index in [1.807, 2.05) is 61.5 Å². The van der Waals surface area contributed by atoms with E-state index in [2.05, 4.69) is 43.2 Å². The fraction of sp³-hybridized carbons (Fsp3) is 0.415. The van der Waals surface area contributed by atoms with Crippen molar-refractivity contribution in [3.8, 4) is 0 Å².